The zero-order valence-electron chi connectivity index (χ0n) is 19.6. The molecule has 3 N–H and O–H groups in total. The molecule has 10 heteroatoms. The Morgan fingerprint density at radius 2 is 1.77 bits per heavy atom. The molecule has 184 valence electrons. The number of hydrogen-bond donors (Lipinski definition) is 3. The van der Waals surface area contributed by atoms with Crippen molar-refractivity contribution in [2.24, 2.45) is 0 Å². The van der Waals surface area contributed by atoms with Gasteiger partial charge in [-0.15, -0.1) is 0 Å². The van der Waals surface area contributed by atoms with Gasteiger partial charge in [-0.2, -0.15) is 13.2 Å². The van der Waals surface area contributed by atoms with Gasteiger partial charge >= 0.3 is 6.18 Å². The summed E-state index contributed by atoms with van der Waals surface area (Å²) in [7, 11) is 1.59. The van der Waals surface area contributed by atoms with Crippen LogP contribution >= 0.6 is 11.8 Å². The monoisotopic (exact) mass is 502 g/mol. The highest BCUT2D eigenvalue weighted by molar-refractivity contribution is 8.09. The van der Waals surface area contributed by atoms with Gasteiger partial charge in [0.25, 0.3) is 0 Å². The fourth-order valence-electron chi connectivity index (χ4n) is 3.49. The van der Waals surface area contributed by atoms with Crippen molar-refractivity contribution < 1.29 is 23.0 Å². The van der Waals surface area contributed by atoms with E-state index in [0.29, 0.717) is 28.4 Å². The minimum Gasteiger partial charge on any atom is -0.496 e. The van der Waals surface area contributed by atoms with Crippen molar-refractivity contribution in [1.29, 1.82) is 0 Å². The van der Waals surface area contributed by atoms with Crippen LogP contribution in [-0.2, 0) is 11.8 Å². The molecule has 0 saturated heterocycles. The fourth-order valence-corrected chi connectivity index (χ4v) is 4.44. The number of thioether (sulfide) groups is 1. The number of hydrogen-bond acceptors (Lipinski definition) is 7. The summed E-state index contributed by atoms with van der Waals surface area (Å²) in [4.78, 5) is 9.98. The van der Waals surface area contributed by atoms with Crippen molar-refractivity contribution in [3.05, 3.63) is 71.6 Å². The van der Waals surface area contributed by atoms with Gasteiger partial charge in [0.15, 0.2) is 0 Å². The predicted molar refractivity (Wildman–Crippen MR) is 132 cm³/mol. The molecule has 0 amide bonds. The molecule has 0 fully saturated rings. The highest BCUT2D eigenvalue weighted by Crippen LogP contribution is 2.40. The van der Waals surface area contributed by atoms with Crippen LogP contribution in [-0.4, -0.2) is 27.6 Å². The Morgan fingerprint density at radius 1 is 1.06 bits per heavy atom. The van der Waals surface area contributed by atoms with Gasteiger partial charge in [0.05, 0.1) is 29.4 Å². The van der Waals surface area contributed by atoms with E-state index in [0.717, 1.165) is 22.6 Å². The van der Waals surface area contributed by atoms with E-state index in [1.165, 1.54) is 12.1 Å². The number of rotatable bonds is 6. The summed E-state index contributed by atoms with van der Waals surface area (Å²) in [6.07, 6.45) is -2.48. The largest absolute Gasteiger partial charge is 0.496 e. The van der Waals surface area contributed by atoms with Crippen molar-refractivity contribution in [3.63, 3.8) is 0 Å². The van der Waals surface area contributed by atoms with Crippen LogP contribution in [0.15, 0.2) is 54.7 Å². The number of alkyl halides is 3. The molecule has 1 aliphatic rings. The van der Waals surface area contributed by atoms with Gasteiger partial charge in [-0.25, -0.2) is 9.97 Å². The van der Waals surface area contributed by atoms with Gasteiger partial charge in [0.1, 0.15) is 11.4 Å². The first kappa shape index (κ1) is 24.9. The molecule has 2 heterocycles. The molecule has 0 saturated carbocycles. The Bertz CT molecular complexity index is 1260. The lowest BCUT2D eigenvalue weighted by molar-refractivity contribution is -0.137. The molecular weight excluding hydrogens is 477 g/mol. The molecule has 1 aliphatic heterocycles. The van der Waals surface area contributed by atoms with Crippen LogP contribution in [0.5, 0.6) is 5.75 Å². The second-order valence-electron chi connectivity index (χ2n) is 8.57. The molecule has 6 nitrogen and oxygen atoms in total. The molecule has 3 aromatic rings. The van der Waals surface area contributed by atoms with Crippen LogP contribution in [0.3, 0.4) is 0 Å². The Morgan fingerprint density at radius 3 is 2.34 bits per heavy atom. The van der Waals surface area contributed by atoms with E-state index in [1.54, 1.807) is 38.8 Å². The van der Waals surface area contributed by atoms with Crippen LogP contribution in [0.25, 0.3) is 16.2 Å². The Labute approximate surface area is 205 Å². The van der Waals surface area contributed by atoms with Crippen molar-refractivity contribution in [2.75, 3.05) is 12.4 Å². The number of halogens is 3. The number of aromatic nitrogens is 2. The number of benzene rings is 2. The standard InChI is InChI=1S/C25H25F3N4O2S/c1-14-29-13-21(35-14)18-10-9-17(11-20(18)34-4)30-23-31-19(12-22(32-23)24(2,3)33)15-5-7-16(8-6-15)25(26,27)28/h5-14,29,33H,1-4H3,(H,30,31,32). The van der Waals surface area contributed by atoms with Gasteiger partial charge in [-0.05, 0) is 51.1 Å². The van der Waals surface area contributed by atoms with Crippen LogP contribution in [0.2, 0.25) is 0 Å². The Balaban J connectivity index is 1.68. The normalized spacial score (nSPS) is 16.0. The first-order valence-electron chi connectivity index (χ1n) is 10.8. The number of ether oxygens (including phenoxy) is 1. The van der Waals surface area contributed by atoms with E-state index in [2.05, 4.69) is 27.5 Å². The average molecular weight is 503 g/mol. The highest BCUT2D eigenvalue weighted by Gasteiger charge is 2.30. The molecule has 35 heavy (non-hydrogen) atoms. The minimum absolute atomic E-state index is 0.194. The maximum Gasteiger partial charge on any atom is 0.416 e. The van der Waals surface area contributed by atoms with E-state index in [1.807, 2.05) is 24.4 Å². The topological polar surface area (TPSA) is 79.3 Å². The third-order valence-corrected chi connectivity index (χ3v) is 6.42. The lowest BCUT2D eigenvalue weighted by Crippen LogP contribution is -2.19. The summed E-state index contributed by atoms with van der Waals surface area (Å²) in [5.74, 6) is 0.852. The number of nitrogens with zero attached hydrogens (tertiary/aromatic N) is 2. The Hall–Kier alpha value is -3.24. The molecule has 0 bridgehead atoms. The SMILES string of the molecule is COc1cc(Nc2nc(-c3ccc(C(F)(F)F)cc3)cc(C(C)(C)O)n2)ccc1C1=CNC(C)S1. The van der Waals surface area contributed by atoms with E-state index in [-0.39, 0.29) is 11.3 Å². The summed E-state index contributed by atoms with van der Waals surface area (Å²) in [5, 5.41) is 17.2. The molecule has 2 aromatic carbocycles. The van der Waals surface area contributed by atoms with E-state index in [4.69, 9.17) is 4.74 Å². The second-order valence-corrected chi connectivity index (χ2v) is 9.95. The quantitative estimate of drug-likeness (QED) is 0.375. The molecule has 1 atom stereocenters. The van der Waals surface area contributed by atoms with Gasteiger partial charge < -0.3 is 20.5 Å². The van der Waals surface area contributed by atoms with Crippen LogP contribution in [0, 0.1) is 0 Å². The predicted octanol–water partition coefficient (Wildman–Crippen LogP) is 6.12. The van der Waals surface area contributed by atoms with Crippen LogP contribution in [0.1, 0.15) is 37.6 Å². The minimum atomic E-state index is -4.43. The van der Waals surface area contributed by atoms with Crippen LogP contribution < -0.4 is 15.4 Å². The van der Waals surface area contributed by atoms with E-state index < -0.39 is 17.3 Å². The lowest BCUT2D eigenvalue weighted by atomic mass is 10.0. The first-order valence-corrected chi connectivity index (χ1v) is 11.7. The summed E-state index contributed by atoms with van der Waals surface area (Å²) < 4.78 is 44.5. The van der Waals surface area contributed by atoms with Gasteiger partial charge in [0.2, 0.25) is 5.95 Å². The van der Waals surface area contributed by atoms with Crippen LogP contribution in [0.4, 0.5) is 24.8 Å². The second kappa shape index (κ2) is 9.43. The number of aliphatic hydroxyl groups is 1. The first-order chi connectivity index (χ1) is 16.4. The zero-order chi connectivity index (χ0) is 25.4. The van der Waals surface area contributed by atoms with Gasteiger partial charge in [-0.3, -0.25) is 0 Å². The van der Waals surface area contributed by atoms with Crippen molar-refractivity contribution in [3.8, 4) is 17.0 Å². The maximum atomic E-state index is 13.0. The maximum absolute atomic E-state index is 13.0. The summed E-state index contributed by atoms with van der Waals surface area (Å²) in [5.41, 5.74) is 0.721. The van der Waals surface area contributed by atoms with E-state index in [9.17, 15) is 18.3 Å². The lowest BCUT2D eigenvalue weighted by Gasteiger charge is -2.19. The van der Waals surface area contributed by atoms with E-state index >= 15 is 0 Å². The zero-order valence-corrected chi connectivity index (χ0v) is 20.4. The molecule has 1 unspecified atom stereocenters. The fraction of sp³-hybridized carbons (Fsp3) is 0.280. The average Bonchev–Trinajstić information content (AvgIpc) is 3.23. The van der Waals surface area contributed by atoms with Gasteiger partial charge in [0, 0.05) is 34.0 Å². The molecule has 0 radical (unpaired) electrons. The number of nitrogens with one attached hydrogen (secondary N) is 2. The Kier molecular flexibility index (Phi) is 6.70. The highest BCUT2D eigenvalue weighted by atomic mass is 32.2. The number of anilines is 2. The summed E-state index contributed by atoms with van der Waals surface area (Å²) >= 11 is 1.69. The third-order valence-electron chi connectivity index (χ3n) is 5.34. The third kappa shape index (κ3) is 5.71. The summed E-state index contributed by atoms with van der Waals surface area (Å²) in [6, 6.07) is 11.9. The molecular formula is C25H25F3N4O2S. The summed E-state index contributed by atoms with van der Waals surface area (Å²) in [6.45, 7) is 5.22. The molecule has 0 spiro atoms. The van der Waals surface area contributed by atoms with Crippen molar-refractivity contribution in [2.45, 2.75) is 37.9 Å². The van der Waals surface area contributed by atoms with Gasteiger partial charge in [-0.1, -0.05) is 23.9 Å². The van der Waals surface area contributed by atoms with Crippen molar-refractivity contribution in [1.82, 2.24) is 15.3 Å². The van der Waals surface area contributed by atoms with Crippen molar-refractivity contribution >= 4 is 28.3 Å². The smallest absolute Gasteiger partial charge is 0.416 e. The number of methoxy groups -OCH3 is 1. The molecule has 1 aromatic heterocycles. The molecule has 4 rings (SSSR count). The molecule has 0 aliphatic carbocycles.